The number of alkyl halides is 6. The Morgan fingerprint density at radius 1 is 1.19 bits per heavy atom. The van der Waals surface area contributed by atoms with E-state index in [1.165, 1.54) is 5.32 Å². The van der Waals surface area contributed by atoms with Gasteiger partial charge in [-0.05, 0) is 12.1 Å². The van der Waals surface area contributed by atoms with E-state index in [-0.39, 0.29) is 15.3 Å². The smallest absolute Gasteiger partial charge is 0.406 e. The lowest BCUT2D eigenvalue weighted by molar-refractivity contribution is -0.274. The van der Waals surface area contributed by atoms with Crippen LogP contribution in [0.25, 0.3) is 10.2 Å². The topological polar surface area (TPSA) is 51.2 Å². The first-order valence-electron chi connectivity index (χ1n) is 5.09. The molecule has 0 saturated heterocycles. The molecule has 1 N–H and O–H groups in total. The Morgan fingerprint density at radius 2 is 1.86 bits per heavy atom. The molecule has 0 atom stereocenters. The Morgan fingerprint density at radius 3 is 2.43 bits per heavy atom. The second-order valence-electron chi connectivity index (χ2n) is 3.65. The Labute approximate surface area is 116 Å². The number of benzene rings is 1. The predicted octanol–water partition coefficient (Wildman–Crippen LogP) is 3.70. The Hall–Kier alpha value is -2.04. The third-order valence-electron chi connectivity index (χ3n) is 2.07. The van der Waals surface area contributed by atoms with Gasteiger partial charge in [-0.1, -0.05) is 11.3 Å². The molecule has 21 heavy (non-hydrogen) atoms. The average Bonchev–Trinajstić information content (AvgIpc) is 2.66. The molecule has 0 aliphatic rings. The summed E-state index contributed by atoms with van der Waals surface area (Å²) in [6.07, 6.45) is -9.96. The second-order valence-corrected chi connectivity index (χ2v) is 4.68. The van der Waals surface area contributed by atoms with Crippen LogP contribution in [0.2, 0.25) is 0 Å². The molecule has 0 aliphatic carbocycles. The van der Waals surface area contributed by atoms with Gasteiger partial charge < -0.3 is 4.74 Å². The molecule has 1 aromatic carbocycles. The maximum absolute atomic E-state index is 12.1. The molecule has 2 aromatic rings. The quantitative estimate of drug-likeness (QED) is 0.855. The number of fused-ring (bicyclic) bond motifs is 1. The number of carbonyl (C=O) groups is 1. The number of carbonyl (C=O) groups excluding carboxylic acids is 1. The van der Waals surface area contributed by atoms with Gasteiger partial charge in [0.1, 0.15) is 5.75 Å². The van der Waals surface area contributed by atoms with Crippen molar-refractivity contribution in [3.8, 4) is 5.75 Å². The van der Waals surface area contributed by atoms with Crippen LogP contribution in [-0.4, -0.2) is 23.4 Å². The van der Waals surface area contributed by atoms with Crippen molar-refractivity contribution in [1.29, 1.82) is 0 Å². The van der Waals surface area contributed by atoms with Gasteiger partial charge in [0.25, 0.3) is 0 Å². The molecule has 0 aliphatic heterocycles. The van der Waals surface area contributed by atoms with Crippen molar-refractivity contribution in [1.82, 2.24) is 4.98 Å². The third kappa shape index (κ3) is 3.97. The number of nitrogens with one attached hydrogen (secondary N) is 1. The molecule has 2 rings (SSSR count). The minimum absolute atomic E-state index is 0.131. The number of hydrogen-bond donors (Lipinski definition) is 1. The molecule has 0 fully saturated rings. The van der Waals surface area contributed by atoms with Crippen molar-refractivity contribution < 1.29 is 35.9 Å². The van der Waals surface area contributed by atoms with Gasteiger partial charge >= 0.3 is 18.4 Å². The van der Waals surface area contributed by atoms with E-state index < -0.39 is 24.2 Å². The van der Waals surface area contributed by atoms with Crippen molar-refractivity contribution >= 4 is 32.6 Å². The number of nitrogens with zero attached hydrogens (tertiary/aromatic N) is 1. The van der Waals surface area contributed by atoms with E-state index in [4.69, 9.17) is 0 Å². The van der Waals surface area contributed by atoms with E-state index in [2.05, 4.69) is 9.72 Å². The number of ether oxygens (including phenoxy) is 1. The molecule has 0 spiro atoms. The molecule has 1 aromatic heterocycles. The zero-order valence-corrected chi connectivity index (χ0v) is 10.5. The fourth-order valence-corrected chi connectivity index (χ4v) is 2.21. The SMILES string of the molecule is O=C(Nc1nc2ccc(OC(F)(F)F)cc2s1)C(F)(F)F. The third-order valence-corrected chi connectivity index (χ3v) is 3.01. The van der Waals surface area contributed by atoms with Crippen molar-refractivity contribution in [3.63, 3.8) is 0 Å². The number of anilines is 1. The normalized spacial score (nSPS) is 12.5. The minimum Gasteiger partial charge on any atom is -0.406 e. The van der Waals surface area contributed by atoms with Gasteiger partial charge in [0.05, 0.1) is 10.2 Å². The van der Waals surface area contributed by atoms with Gasteiger partial charge in [-0.25, -0.2) is 4.98 Å². The fraction of sp³-hybridized carbons (Fsp3) is 0.200. The van der Waals surface area contributed by atoms with Crippen molar-refractivity contribution in [2.24, 2.45) is 0 Å². The lowest BCUT2D eigenvalue weighted by Gasteiger charge is -2.07. The number of hydrogen-bond acceptors (Lipinski definition) is 4. The summed E-state index contributed by atoms with van der Waals surface area (Å²) < 4.78 is 76.1. The molecule has 1 heterocycles. The van der Waals surface area contributed by atoms with Gasteiger partial charge in [-0.3, -0.25) is 10.1 Å². The van der Waals surface area contributed by atoms with E-state index >= 15 is 0 Å². The Balaban J connectivity index is 2.24. The first-order chi connectivity index (χ1) is 9.54. The standard InChI is InChI=1S/C10H4F6N2O2S/c11-9(12,13)7(19)18-8-17-5-2-1-4(3-6(5)21-8)20-10(14,15)16/h1-3H,(H,17,18,19). The lowest BCUT2D eigenvalue weighted by atomic mass is 10.3. The van der Waals surface area contributed by atoms with Crippen LogP contribution in [0.1, 0.15) is 0 Å². The van der Waals surface area contributed by atoms with Gasteiger partial charge in [-0.2, -0.15) is 13.2 Å². The number of rotatable bonds is 2. The average molecular weight is 330 g/mol. The Bertz CT molecular complexity index is 678. The Kier molecular flexibility index (Phi) is 3.70. The highest BCUT2D eigenvalue weighted by molar-refractivity contribution is 7.22. The number of thiazole rings is 1. The van der Waals surface area contributed by atoms with E-state index in [1.807, 2.05) is 0 Å². The maximum atomic E-state index is 12.1. The van der Waals surface area contributed by atoms with Crippen molar-refractivity contribution in [2.75, 3.05) is 5.32 Å². The molecule has 1 amide bonds. The molecule has 4 nitrogen and oxygen atoms in total. The van der Waals surface area contributed by atoms with Gasteiger partial charge in [0.15, 0.2) is 5.13 Å². The van der Waals surface area contributed by atoms with Crippen LogP contribution < -0.4 is 10.1 Å². The van der Waals surface area contributed by atoms with Crippen LogP contribution in [0.3, 0.4) is 0 Å². The van der Waals surface area contributed by atoms with E-state index in [0.29, 0.717) is 11.3 Å². The molecule has 114 valence electrons. The number of aromatic nitrogens is 1. The van der Waals surface area contributed by atoms with E-state index in [9.17, 15) is 31.1 Å². The summed E-state index contributed by atoms with van der Waals surface area (Å²) in [5.41, 5.74) is 0.131. The summed E-state index contributed by atoms with van der Waals surface area (Å²) >= 11 is 0.591. The summed E-state index contributed by atoms with van der Waals surface area (Å²) in [4.78, 5) is 14.4. The molecule has 0 bridgehead atoms. The second kappa shape index (κ2) is 5.06. The van der Waals surface area contributed by atoms with Gasteiger partial charge in [0, 0.05) is 6.07 Å². The van der Waals surface area contributed by atoms with Crippen molar-refractivity contribution in [2.45, 2.75) is 12.5 Å². The zero-order valence-electron chi connectivity index (χ0n) is 9.67. The molecular weight excluding hydrogens is 326 g/mol. The van der Waals surface area contributed by atoms with Gasteiger partial charge in [-0.15, -0.1) is 13.2 Å². The fourth-order valence-electron chi connectivity index (χ4n) is 1.32. The summed E-state index contributed by atoms with van der Waals surface area (Å²) in [7, 11) is 0. The van der Waals surface area contributed by atoms with Gasteiger partial charge in [0.2, 0.25) is 0 Å². The highest BCUT2D eigenvalue weighted by Crippen LogP contribution is 2.32. The van der Waals surface area contributed by atoms with Crippen LogP contribution in [-0.2, 0) is 4.79 Å². The molecule has 11 heteroatoms. The molecule has 0 radical (unpaired) electrons. The maximum Gasteiger partial charge on any atom is 0.573 e. The predicted molar refractivity (Wildman–Crippen MR) is 61.0 cm³/mol. The number of halogens is 6. The number of amides is 1. The highest BCUT2D eigenvalue weighted by atomic mass is 32.1. The summed E-state index contributed by atoms with van der Waals surface area (Å²) in [6, 6.07) is 3.06. The first-order valence-corrected chi connectivity index (χ1v) is 5.91. The van der Waals surface area contributed by atoms with Crippen LogP contribution in [0.5, 0.6) is 5.75 Å². The first kappa shape index (κ1) is 15.4. The summed E-state index contributed by atoms with van der Waals surface area (Å²) in [5.74, 6) is -2.75. The monoisotopic (exact) mass is 330 g/mol. The summed E-state index contributed by atoms with van der Waals surface area (Å²) in [6.45, 7) is 0. The highest BCUT2D eigenvalue weighted by Gasteiger charge is 2.39. The van der Waals surface area contributed by atoms with Crippen LogP contribution >= 0.6 is 11.3 Å². The molecular formula is C10H4F6N2O2S. The van der Waals surface area contributed by atoms with Crippen LogP contribution in [0, 0.1) is 0 Å². The largest absolute Gasteiger partial charge is 0.573 e. The summed E-state index contributed by atoms with van der Waals surface area (Å²) in [5, 5.41) is 1.14. The lowest BCUT2D eigenvalue weighted by Crippen LogP contribution is -2.29. The molecule has 0 saturated carbocycles. The molecule has 0 unspecified atom stereocenters. The van der Waals surface area contributed by atoms with Crippen molar-refractivity contribution in [3.05, 3.63) is 18.2 Å². The van der Waals surface area contributed by atoms with Crippen LogP contribution in [0.4, 0.5) is 31.5 Å². The van der Waals surface area contributed by atoms with Crippen LogP contribution in [0.15, 0.2) is 18.2 Å². The van der Waals surface area contributed by atoms with E-state index in [0.717, 1.165) is 18.2 Å². The zero-order chi connectivity index (χ0) is 15.8. The van der Waals surface area contributed by atoms with E-state index in [1.54, 1.807) is 0 Å². The minimum atomic E-state index is -5.08.